The van der Waals surface area contributed by atoms with Crippen molar-refractivity contribution < 1.29 is 4.79 Å². The zero-order chi connectivity index (χ0) is 19.4. The summed E-state index contributed by atoms with van der Waals surface area (Å²) in [4.78, 5) is 13.8. The highest BCUT2D eigenvalue weighted by Crippen LogP contribution is 2.24. The van der Waals surface area contributed by atoms with Gasteiger partial charge in [0, 0.05) is 5.56 Å². The molecule has 0 radical (unpaired) electrons. The van der Waals surface area contributed by atoms with Crippen molar-refractivity contribution >= 4 is 11.4 Å². The molecule has 1 aliphatic heterocycles. The molecule has 0 atom stereocenters. The maximum atomic E-state index is 11.4. The first-order valence-corrected chi connectivity index (χ1v) is 9.91. The normalized spacial score (nSPS) is 14.2. The van der Waals surface area contributed by atoms with Crippen LogP contribution in [0.15, 0.2) is 23.8 Å². The van der Waals surface area contributed by atoms with Gasteiger partial charge in [-0.15, -0.1) is 0 Å². The first kappa shape index (κ1) is 23.6. The molecule has 0 aliphatic carbocycles. The fourth-order valence-electron chi connectivity index (χ4n) is 2.66. The van der Waals surface area contributed by atoms with Crippen LogP contribution in [0.5, 0.6) is 0 Å². The second kappa shape index (κ2) is 12.9. The number of Topliss-reactive ketones (excluding diaryl/α,β-unsaturated/α-hetero) is 1. The molecule has 0 aromatic heterocycles. The van der Waals surface area contributed by atoms with Gasteiger partial charge in [-0.05, 0) is 89.4 Å². The Morgan fingerprint density at radius 3 is 2.04 bits per heavy atom. The Bertz CT molecular complexity index is 553. The number of allylic oxidation sites excluding steroid dienone is 2. The summed E-state index contributed by atoms with van der Waals surface area (Å²) in [5.74, 6) is 0.128. The number of ketones is 1. The second-order valence-corrected chi connectivity index (χ2v) is 6.54. The molecule has 0 saturated carbocycles. The number of likely N-dealkylation sites (tertiary alicyclic amines) is 1. The van der Waals surface area contributed by atoms with Crippen molar-refractivity contribution in [3.05, 3.63) is 40.5 Å². The quantitative estimate of drug-likeness (QED) is 0.565. The Labute approximate surface area is 156 Å². The van der Waals surface area contributed by atoms with Crippen molar-refractivity contribution in [2.45, 2.75) is 74.7 Å². The molecule has 0 bridgehead atoms. The molecule has 0 spiro atoms. The summed E-state index contributed by atoms with van der Waals surface area (Å²) in [6.07, 6.45) is 3.80. The molecule has 2 nitrogen and oxygen atoms in total. The van der Waals surface area contributed by atoms with Crippen LogP contribution in [0.3, 0.4) is 0 Å². The Balaban J connectivity index is 0.000000530. The molecule has 1 aliphatic rings. The van der Waals surface area contributed by atoms with Crippen LogP contribution in [0.25, 0.3) is 5.57 Å². The maximum absolute atomic E-state index is 11.4. The van der Waals surface area contributed by atoms with E-state index in [-0.39, 0.29) is 5.78 Å². The third-order valence-corrected chi connectivity index (χ3v) is 4.71. The van der Waals surface area contributed by atoms with E-state index in [4.69, 9.17) is 0 Å². The first-order chi connectivity index (χ1) is 11.9. The van der Waals surface area contributed by atoms with Gasteiger partial charge < -0.3 is 4.90 Å². The van der Waals surface area contributed by atoms with Gasteiger partial charge in [0.1, 0.15) is 0 Å². The fraction of sp³-hybridized carbons (Fsp3) is 0.609. The number of aryl methyl sites for hydroxylation is 1. The van der Waals surface area contributed by atoms with Gasteiger partial charge in [0.2, 0.25) is 0 Å². The van der Waals surface area contributed by atoms with Crippen LogP contribution in [-0.2, 0) is 0 Å². The molecule has 1 fully saturated rings. The summed E-state index contributed by atoms with van der Waals surface area (Å²) in [5.41, 5.74) is 5.90. The number of carbonyl (C=O) groups is 1. The monoisotopic (exact) mass is 345 g/mol. The predicted octanol–water partition coefficient (Wildman–Crippen LogP) is 6.53. The minimum Gasteiger partial charge on any atom is -0.303 e. The van der Waals surface area contributed by atoms with Gasteiger partial charge in [0.25, 0.3) is 0 Å². The molecule has 2 rings (SSSR count). The molecule has 0 unspecified atom stereocenters. The van der Waals surface area contributed by atoms with Crippen LogP contribution in [0, 0.1) is 6.92 Å². The minimum absolute atomic E-state index is 0.128. The Morgan fingerprint density at radius 1 is 1.08 bits per heavy atom. The van der Waals surface area contributed by atoms with Crippen molar-refractivity contribution in [3.8, 4) is 0 Å². The Kier molecular flexibility index (Phi) is 12.2. The topological polar surface area (TPSA) is 20.3 Å². The summed E-state index contributed by atoms with van der Waals surface area (Å²) >= 11 is 0. The second-order valence-electron chi connectivity index (χ2n) is 6.54. The summed E-state index contributed by atoms with van der Waals surface area (Å²) in [5, 5.41) is 0. The van der Waals surface area contributed by atoms with E-state index in [1.807, 2.05) is 32.0 Å². The van der Waals surface area contributed by atoms with E-state index >= 15 is 0 Å². The number of hydrogen-bond acceptors (Lipinski definition) is 2. The lowest BCUT2D eigenvalue weighted by atomic mass is 9.94. The van der Waals surface area contributed by atoms with Gasteiger partial charge >= 0.3 is 0 Å². The highest BCUT2D eigenvalue weighted by atomic mass is 16.1. The molecule has 0 N–H and O–H groups in total. The Hall–Kier alpha value is -1.41. The lowest BCUT2D eigenvalue weighted by Gasteiger charge is -2.29. The molecule has 25 heavy (non-hydrogen) atoms. The summed E-state index contributed by atoms with van der Waals surface area (Å²) < 4.78 is 0. The number of nitrogens with zero attached hydrogens (tertiary/aromatic N) is 1. The van der Waals surface area contributed by atoms with Gasteiger partial charge in [-0.3, -0.25) is 4.79 Å². The van der Waals surface area contributed by atoms with E-state index in [1.54, 1.807) is 6.92 Å². The number of hydrogen-bond donors (Lipinski definition) is 0. The van der Waals surface area contributed by atoms with E-state index in [0.717, 1.165) is 12.0 Å². The zero-order valence-corrected chi connectivity index (χ0v) is 17.8. The largest absolute Gasteiger partial charge is 0.303 e. The van der Waals surface area contributed by atoms with E-state index in [9.17, 15) is 4.79 Å². The van der Waals surface area contributed by atoms with Gasteiger partial charge in [-0.25, -0.2) is 0 Å². The van der Waals surface area contributed by atoms with Crippen molar-refractivity contribution in [1.82, 2.24) is 4.90 Å². The number of benzene rings is 1. The molecule has 1 aromatic rings. The van der Waals surface area contributed by atoms with Crippen LogP contribution in [0.1, 0.15) is 89.2 Å². The van der Waals surface area contributed by atoms with Crippen LogP contribution in [0.4, 0.5) is 0 Å². The van der Waals surface area contributed by atoms with Gasteiger partial charge in [0.15, 0.2) is 5.78 Å². The van der Waals surface area contributed by atoms with Crippen LogP contribution >= 0.6 is 0 Å². The van der Waals surface area contributed by atoms with Crippen molar-refractivity contribution in [1.29, 1.82) is 0 Å². The summed E-state index contributed by atoms with van der Waals surface area (Å²) in [7, 11) is 0. The molecule has 1 heterocycles. The van der Waals surface area contributed by atoms with E-state index in [2.05, 4.69) is 39.5 Å². The predicted molar refractivity (Wildman–Crippen MR) is 112 cm³/mol. The molecule has 0 amide bonds. The summed E-state index contributed by atoms with van der Waals surface area (Å²) in [6, 6.07) is 5.93. The number of carbonyl (C=O) groups excluding carboxylic acids is 1. The van der Waals surface area contributed by atoms with Crippen molar-refractivity contribution in [3.63, 3.8) is 0 Å². The van der Waals surface area contributed by atoms with Gasteiger partial charge in [-0.1, -0.05) is 45.4 Å². The van der Waals surface area contributed by atoms with E-state index in [1.165, 1.54) is 54.7 Å². The third-order valence-electron chi connectivity index (χ3n) is 4.71. The van der Waals surface area contributed by atoms with Crippen LogP contribution < -0.4 is 0 Å². The number of rotatable bonds is 5. The van der Waals surface area contributed by atoms with Crippen molar-refractivity contribution in [2.75, 3.05) is 19.6 Å². The SMILES string of the molecule is CC.CC/C(C)=C(\C)c1cc(C(C)=O)ccc1C.CCCN1CCC1. The lowest BCUT2D eigenvalue weighted by molar-refractivity contribution is 0.101. The molecule has 2 heteroatoms. The van der Waals surface area contributed by atoms with E-state index in [0.29, 0.717) is 0 Å². The first-order valence-electron chi connectivity index (χ1n) is 9.91. The van der Waals surface area contributed by atoms with Crippen LogP contribution in [-0.4, -0.2) is 30.3 Å². The fourth-order valence-corrected chi connectivity index (χ4v) is 2.66. The average Bonchev–Trinajstić information content (AvgIpc) is 2.59. The van der Waals surface area contributed by atoms with Gasteiger partial charge in [0.05, 0.1) is 0 Å². The Morgan fingerprint density at radius 2 is 1.68 bits per heavy atom. The standard InChI is InChI=1S/C15H20O.C6H13N.C2H6/c1-6-10(2)12(4)15-9-14(13(5)16)8-7-11(15)3;1-2-4-7-5-3-6-7;1-2/h7-9H,6H2,1-5H3;2-6H2,1H3;1-2H3/b12-10+;;. The maximum Gasteiger partial charge on any atom is 0.159 e. The molecular weight excluding hydrogens is 306 g/mol. The highest BCUT2D eigenvalue weighted by Gasteiger charge is 2.10. The summed E-state index contributed by atoms with van der Waals surface area (Å²) in [6.45, 7) is 20.4. The van der Waals surface area contributed by atoms with Crippen LogP contribution in [0.2, 0.25) is 0 Å². The molecule has 1 saturated heterocycles. The highest BCUT2D eigenvalue weighted by molar-refractivity contribution is 5.95. The van der Waals surface area contributed by atoms with Gasteiger partial charge in [-0.2, -0.15) is 0 Å². The molecule has 142 valence electrons. The lowest BCUT2D eigenvalue weighted by Crippen LogP contribution is -2.37. The smallest absolute Gasteiger partial charge is 0.159 e. The zero-order valence-electron chi connectivity index (χ0n) is 17.8. The minimum atomic E-state index is 0.128. The molecular formula is C23H39NO. The third kappa shape index (κ3) is 8.00. The van der Waals surface area contributed by atoms with E-state index < -0.39 is 0 Å². The molecule has 1 aromatic carbocycles. The van der Waals surface area contributed by atoms with Crippen molar-refractivity contribution in [2.24, 2.45) is 0 Å². The average molecular weight is 346 g/mol.